The topological polar surface area (TPSA) is 171 Å². The largest absolute Gasteiger partial charge is 0.385 e. The Hall–Kier alpha value is -1.33. The molecule has 12 heteroatoms. The number of nitrogens with one attached hydrogen (secondary N) is 1. The zero-order chi connectivity index (χ0) is 16.7. The first-order valence-corrected chi connectivity index (χ1v) is 7.85. The van der Waals surface area contributed by atoms with Crippen LogP contribution in [0.3, 0.4) is 0 Å². The number of aliphatic hydroxyl groups is 2. The van der Waals surface area contributed by atoms with Gasteiger partial charge in [0.05, 0.1) is 0 Å². The molecule has 2 rings (SSSR count). The molecular weight excluding hydrogens is 323 g/mol. The summed E-state index contributed by atoms with van der Waals surface area (Å²) in [7, 11) is -4.51. The Balaban J connectivity index is 2.28. The first-order valence-electron chi connectivity index (χ1n) is 6.06. The number of hydrogen-bond acceptors (Lipinski definition) is 7. The summed E-state index contributed by atoms with van der Waals surface area (Å²) in [6.07, 6.45) is -4.64. The van der Waals surface area contributed by atoms with Gasteiger partial charge >= 0.3 is 13.3 Å². The quantitative estimate of drug-likeness (QED) is 0.377. The fraction of sp³-hybridized carbons (Fsp3) is 0.600. The van der Waals surface area contributed by atoms with Gasteiger partial charge in [-0.1, -0.05) is 0 Å². The number of H-pyrrole nitrogens is 1. The van der Waals surface area contributed by atoms with E-state index in [0.717, 1.165) is 23.8 Å². The summed E-state index contributed by atoms with van der Waals surface area (Å²) in [5.74, 6) is 0. The highest BCUT2D eigenvalue weighted by molar-refractivity contribution is 7.51. The lowest BCUT2D eigenvalue weighted by atomic mass is 9.99. The predicted molar refractivity (Wildman–Crippen MR) is 69.9 cm³/mol. The summed E-state index contributed by atoms with van der Waals surface area (Å²) >= 11 is 0. The van der Waals surface area contributed by atoms with E-state index in [1.165, 1.54) is 0 Å². The third-order valence-electron chi connectivity index (χ3n) is 3.13. The molecular formula is C10H15N2O9P. The van der Waals surface area contributed by atoms with Crippen LogP contribution in [-0.2, 0) is 14.0 Å². The van der Waals surface area contributed by atoms with Crippen LogP contribution in [0.2, 0.25) is 0 Å². The molecule has 0 saturated carbocycles. The number of aromatic amines is 1. The van der Waals surface area contributed by atoms with Crippen molar-refractivity contribution in [3.63, 3.8) is 0 Å². The van der Waals surface area contributed by atoms with Crippen molar-refractivity contribution in [3.8, 4) is 0 Å². The Bertz CT molecular complexity index is 705. The van der Waals surface area contributed by atoms with Gasteiger partial charge in [0.25, 0.3) is 5.56 Å². The Kier molecular flexibility index (Phi) is 4.42. The van der Waals surface area contributed by atoms with E-state index in [9.17, 15) is 24.4 Å². The molecule has 1 aromatic rings. The van der Waals surface area contributed by atoms with Gasteiger partial charge in [-0.25, -0.2) is 4.79 Å². The number of nitrogens with zero attached hydrogens (tertiary/aromatic N) is 1. The maximum Gasteiger partial charge on any atom is 0.351 e. The molecule has 1 aliphatic rings. The van der Waals surface area contributed by atoms with Crippen molar-refractivity contribution >= 4 is 7.60 Å². The average molecular weight is 338 g/mol. The fourth-order valence-electron chi connectivity index (χ4n) is 2.02. The third kappa shape index (κ3) is 3.36. The van der Waals surface area contributed by atoms with Crippen molar-refractivity contribution < 1.29 is 34.0 Å². The molecule has 0 bridgehead atoms. The molecule has 1 aliphatic heterocycles. The summed E-state index contributed by atoms with van der Waals surface area (Å²) in [5, 5.41) is 20.2. The summed E-state index contributed by atoms with van der Waals surface area (Å²) in [6, 6.07) is 1.01. The number of aromatic nitrogens is 2. The zero-order valence-electron chi connectivity index (χ0n) is 11.3. The van der Waals surface area contributed by atoms with Crippen LogP contribution in [0, 0.1) is 0 Å². The van der Waals surface area contributed by atoms with Gasteiger partial charge in [-0.05, 0) is 6.92 Å². The standard InChI is InChI=1S/C10H15N2O9P/c1-10(16)6(14)7(20-4-22(17,18)19)21-8(10)12-3-2-5(13)11-9(12)15/h2-3,6-8,14,16H,4H2,1H3,(H,11,13,15)(H2,17,18,19)/t6?,7-,8+,10+/m0/s1. The Morgan fingerprint density at radius 1 is 1.50 bits per heavy atom. The molecule has 0 radical (unpaired) electrons. The number of ether oxygens (including phenoxy) is 2. The van der Waals surface area contributed by atoms with Crippen molar-refractivity contribution in [1.82, 2.24) is 9.55 Å². The molecule has 5 N–H and O–H groups in total. The van der Waals surface area contributed by atoms with Crippen LogP contribution in [0.25, 0.3) is 0 Å². The molecule has 1 unspecified atom stereocenters. The molecule has 0 amide bonds. The Labute approximate surface area is 122 Å². The minimum Gasteiger partial charge on any atom is -0.385 e. The van der Waals surface area contributed by atoms with Gasteiger partial charge in [-0.15, -0.1) is 0 Å². The summed E-state index contributed by atoms with van der Waals surface area (Å²) in [6.45, 7) is 1.15. The monoisotopic (exact) mass is 338 g/mol. The summed E-state index contributed by atoms with van der Waals surface area (Å²) < 4.78 is 21.5. The van der Waals surface area contributed by atoms with E-state index in [0.29, 0.717) is 0 Å². The lowest BCUT2D eigenvalue weighted by molar-refractivity contribution is -0.169. The maximum absolute atomic E-state index is 11.7. The van der Waals surface area contributed by atoms with E-state index >= 15 is 0 Å². The fourth-order valence-corrected chi connectivity index (χ4v) is 2.36. The van der Waals surface area contributed by atoms with E-state index in [1.807, 2.05) is 4.98 Å². The summed E-state index contributed by atoms with van der Waals surface area (Å²) in [5.41, 5.74) is -3.55. The van der Waals surface area contributed by atoms with E-state index in [4.69, 9.17) is 19.3 Å². The number of rotatable bonds is 4. The highest BCUT2D eigenvalue weighted by Gasteiger charge is 2.54. The van der Waals surface area contributed by atoms with Crippen LogP contribution in [-0.4, -0.2) is 53.9 Å². The molecule has 0 spiro atoms. The van der Waals surface area contributed by atoms with Crippen molar-refractivity contribution in [3.05, 3.63) is 33.1 Å². The molecule has 4 atom stereocenters. The van der Waals surface area contributed by atoms with Gasteiger partial charge in [-0.2, -0.15) is 0 Å². The minimum atomic E-state index is -4.51. The van der Waals surface area contributed by atoms with Gasteiger partial charge < -0.3 is 29.5 Å². The summed E-state index contributed by atoms with van der Waals surface area (Å²) in [4.78, 5) is 42.2. The first kappa shape index (κ1) is 17.0. The van der Waals surface area contributed by atoms with E-state index in [1.54, 1.807) is 0 Å². The predicted octanol–water partition coefficient (Wildman–Crippen LogP) is -2.34. The van der Waals surface area contributed by atoms with E-state index in [2.05, 4.69) is 0 Å². The minimum absolute atomic E-state index is 0.659. The van der Waals surface area contributed by atoms with Crippen LogP contribution < -0.4 is 11.2 Å². The second-order valence-corrected chi connectivity index (χ2v) is 6.59. The van der Waals surface area contributed by atoms with Gasteiger partial charge in [0.2, 0.25) is 0 Å². The molecule has 0 aromatic carbocycles. The molecule has 2 heterocycles. The Morgan fingerprint density at radius 2 is 2.14 bits per heavy atom. The second kappa shape index (κ2) is 5.70. The lowest BCUT2D eigenvalue weighted by Gasteiger charge is -2.26. The first-order chi connectivity index (χ1) is 10.0. The highest BCUT2D eigenvalue weighted by Crippen LogP contribution is 2.41. The molecule has 1 fully saturated rings. The molecule has 22 heavy (non-hydrogen) atoms. The molecule has 0 aliphatic carbocycles. The van der Waals surface area contributed by atoms with Crippen LogP contribution in [0.15, 0.2) is 21.9 Å². The van der Waals surface area contributed by atoms with Crippen LogP contribution in [0.1, 0.15) is 13.2 Å². The van der Waals surface area contributed by atoms with Crippen LogP contribution in [0.4, 0.5) is 0 Å². The van der Waals surface area contributed by atoms with Gasteiger partial charge in [0, 0.05) is 12.3 Å². The second-order valence-electron chi connectivity index (χ2n) is 5.01. The normalized spacial score (nSPS) is 32.3. The molecule has 11 nitrogen and oxygen atoms in total. The smallest absolute Gasteiger partial charge is 0.351 e. The third-order valence-corrected chi connectivity index (χ3v) is 3.62. The van der Waals surface area contributed by atoms with Crippen molar-refractivity contribution in [2.45, 2.75) is 31.1 Å². The van der Waals surface area contributed by atoms with Gasteiger partial charge in [-0.3, -0.25) is 18.9 Å². The maximum atomic E-state index is 11.7. The lowest BCUT2D eigenvalue weighted by Crippen LogP contribution is -2.46. The number of hydrogen-bond donors (Lipinski definition) is 5. The van der Waals surface area contributed by atoms with Crippen molar-refractivity contribution in [1.29, 1.82) is 0 Å². The average Bonchev–Trinajstić information content (AvgIpc) is 2.59. The van der Waals surface area contributed by atoms with Crippen LogP contribution >= 0.6 is 7.60 Å². The van der Waals surface area contributed by atoms with Crippen molar-refractivity contribution in [2.24, 2.45) is 0 Å². The van der Waals surface area contributed by atoms with Gasteiger partial charge in [0.1, 0.15) is 11.7 Å². The molecule has 124 valence electrons. The van der Waals surface area contributed by atoms with Crippen molar-refractivity contribution in [2.75, 3.05) is 6.35 Å². The molecule has 1 saturated heterocycles. The number of aliphatic hydroxyl groups excluding tert-OH is 1. The Morgan fingerprint density at radius 3 is 2.68 bits per heavy atom. The zero-order valence-corrected chi connectivity index (χ0v) is 12.2. The SMILES string of the molecule is C[C@@]1(O)C(O)[C@@H](OCP(=O)(O)O)O[C@H]1n1ccc(=O)[nH]c1=O. The van der Waals surface area contributed by atoms with Crippen LogP contribution in [0.5, 0.6) is 0 Å². The highest BCUT2D eigenvalue weighted by atomic mass is 31.2. The van der Waals surface area contributed by atoms with E-state index in [-0.39, 0.29) is 0 Å². The van der Waals surface area contributed by atoms with Gasteiger partial charge in [0.15, 0.2) is 18.9 Å². The van der Waals surface area contributed by atoms with E-state index < -0.39 is 49.4 Å². The molecule has 1 aromatic heterocycles.